The van der Waals surface area contributed by atoms with Gasteiger partial charge in [-0.2, -0.15) is 0 Å². The number of aliphatic hydroxyl groups is 1. The molecule has 6 N–H and O–H groups in total. The molecule has 0 fully saturated rings. The lowest BCUT2D eigenvalue weighted by Crippen LogP contribution is -2.52. The number of rotatable bonds is 16. The fourth-order valence-electron chi connectivity index (χ4n) is 4.26. The number of nitrogens with two attached hydrogens (primary N) is 1. The Morgan fingerprint density at radius 3 is 2.58 bits per heavy atom. The number of hydrogen-bond acceptors (Lipinski definition) is 8. The molecule has 1 heterocycles. The van der Waals surface area contributed by atoms with Gasteiger partial charge in [0.25, 0.3) is 0 Å². The molecule has 0 radical (unpaired) electrons. The molecule has 11 heteroatoms. The molecule has 45 heavy (non-hydrogen) atoms. The predicted molar refractivity (Wildman–Crippen MR) is 175 cm³/mol. The Morgan fingerprint density at radius 1 is 1.24 bits per heavy atom. The van der Waals surface area contributed by atoms with Crippen LogP contribution in [0.25, 0.3) is 0 Å². The van der Waals surface area contributed by atoms with Crippen molar-refractivity contribution in [3.8, 4) is 11.8 Å². The van der Waals surface area contributed by atoms with Crippen molar-refractivity contribution in [3.05, 3.63) is 60.1 Å². The fraction of sp³-hybridized carbons (Fsp3) is 0.559. The predicted octanol–water partition coefficient (Wildman–Crippen LogP) is 3.73. The molecule has 1 rings (SSSR count). The van der Waals surface area contributed by atoms with Crippen molar-refractivity contribution in [3.63, 3.8) is 0 Å². The number of hydrogen-bond donors (Lipinski definition) is 5. The van der Waals surface area contributed by atoms with E-state index in [0.29, 0.717) is 44.5 Å². The molecule has 1 unspecified atom stereocenters. The summed E-state index contributed by atoms with van der Waals surface area (Å²) in [4.78, 5) is 37.7. The standard InChI is InChI=1S/C34H52N4O7/c1-8-9-15-26(44-33(42)37-22-13-20-35)16-12-21-36-31(40)30(34(4,5)6)38-29(39)17-11-10-14-24(2)23-25(3)27-18-19-28(43-7)32(41)45-27/h10-12,14,17,19,21,23,25-27,30,32,41H,13,15-16,18,20,22,35H2,1-7H3,(H,36,40)(H,37,42)(H,38,39)/b14-10-,17-11-,21-12-,24-23+/t25-,26-,27-,30+,32?/m0/s1. The molecule has 0 spiro atoms. The molecule has 1 aliphatic rings. The second kappa shape index (κ2) is 21.0. The molecular formula is C34H52N4O7. The molecule has 3 amide bonds. The van der Waals surface area contributed by atoms with Crippen LogP contribution in [0.2, 0.25) is 0 Å². The fourth-order valence-corrected chi connectivity index (χ4v) is 4.26. The molecule has 0 aromatic rings. The third-order valence-corrected chi connectivity index (χ3v) is 6.75. The number of allylic oxidation sites excluding steroid dienone is 4. The van der Waals surface area contributed by atoms with Gasteiger partial charge in [0.05, 0.1) is 13.2 Å². The van der Waals surface area contributed by atoms with E-state index in [1.807, 2.05) is 52.8 Å². The van der Waals surface area contributed by atoms with E-state index in [-0.39, 0.29) is 17.9 Å². The van der Waals surface area contributed by atoms with Crippen LogP contribution >= 0.6 is 0 Å². The summed E-state index contributed by atoms with van der Waals surface area (Å²) < 4.78 is 16.2. The number of aliphatic hydroxyl groups excluding tert-OH is 1. The van der Waals surface area contributed by atoms with Gasteiger partial charge in [0.2, 0.25) is 18.1 Å². The van der Waals surface area contributed by atoms with Crippen LogP contribution in [0.3, 0.4) is 0 Å². The van der Waals surface area contributed by atoms with E-state index in [4.69, 9.17) is 19.9 Å². The van der Waals surface area contributed by atoms with Gasteiger partial charge in [-0.15, -0.1) is 5.92 Å². The Balaban J connectivity index is 2.69. The number of methoxy groups -OCH3 is 1. The Labute approximate surface area is 268 Å². The van der Waals surface area contributed by atoms with Gasteiger partial charge in [-0.05, 0) is 50.9 Å². The lowest BCUT2D eigenvalue weighted by Gasteiger charge is -2.29. The van der Waals surface area contributed by atoms with E-state index >= 15 is 0 Å². The van der Waals surface area contributed by atoms with Gasteiger partial charge in [-0.1, -0.05) is 69.6 Å². The van der Waals surface area contributed by atoms with Crippen molar-refractivity contribution in [1.82, 2.24) is 16.0 Å². The lowest BCUT2D eigenvalue weighted by atomic mass is 9.86. The first-order valence-corrected chi connectivity index (χ1v) is 15.2. The quantitative estimate of drug-likeness (QED) is 0.0748. The number of carbonyl (C=O) groups is 3. The smallest absolute Gasteiger partial charge is 0.407 e. The van der Waals surface area contributed by atoms with Crippen molar-refractivity contribution in [2.24, 2.45) is 17.1 Å². The average Bonchev–Trinajstić information content (AvgIpc) is 2.98. The third kappa shape index (κ3) is 16.2. The van der Waals surface area contributed by atoms with Gasteiger partial charge in [0.15, 0.2) is 0 Å². The maximum Gasteiger partial charge on any atom is 0.407 e. The van der Waals surface area contributed by atoms with E-state index in [9.17, 15) is 19.5 Å². The van der Waals surface area contributed by atoms with Gasteiger partial charge in [-0.3, -0.25) is 9.59 Å². The van der Waals surface area contributed by atoms with Crippen molar-refractivity contribution < 1.29 is 33.7 Å². The average molecular weight is 629 g/mol. The Hall–Kier alpha value is -3.85. The Bertz CT molecular complexity index is 1170. The summed E-state index contributed by atoms with van der Waals surface area (Å²) in [5, 5.41) is 18.1. The molecule has 0 aliphatic carbocycles. The SMILES string of the molecule is CC#CC[C@@H](C/C=C\NC(=O)[C@@H](NC(=O)\C=C/C=C\C(C)=C\[C@H](C)[C@@H]1CC=C(OC)C(O)O1)C(C)(C)C)OC(=O)NCCCN. The maximum absolute atomic E-state index is 13.0. The number of amides is 3. The van der Waals surface area contributed by atoms with Crippen LogP contribution in [0, 0.1) is 23.2 Å². The molecule has 250 valence electrons. The van der Waals surface area contributed by atoms with Crippen LogP contribution in [0.15, 0.2) is 60.1 Å². The monoisotopic (exact) mass is 628 g/mol. The molecule has 0 aromatic heterocycles. The van der Waals surface area contributed by atoms with Gasteiger partial charge in [-0.25, -0.2) is 4.79 Å². The molecule has 5 atom stereocenters. The van der Waals surface area contributed by atoms with Gasteiger partial charge in [0, 0.05) is 31.4 Å². The van der Waals surface area contributed by atoms with Gasteiger partial charge >= 0.3 is 6.09 Å². The van der Waals surface area contributed by atoms with Crippen LogP contribution < -0.4 is 21.7 Å². The first-order chi connectivity index (χ1) is 21.3. The zero-order chi connectivity index (χ0) is 33.8. The summed E-state index contributed by atoms with van der Waals surface area (Å²) in [5.74, 6) is 5.36. The number of alkyl carbamates (subject to hydrolysis) is 1. The van der Waals surface area contributed by atoms with E-state index < -0.39 is 35.9 Å². The van der Waals surface area contributed by atoms with E-state index in [1.165, 1.54) is 19.4 Å². The summed E-state index contributed by atoms with van der Waals surface area (Å²) in [7, 11) is 1.50. The van der Waals surface area contributed by atoms with Crippen molar-refractivity contribution >= 4 is 17.9 Å². The van der Waals surface area contributed by atoms with Crippen molar-refractivity contribution in [2.45, 2.75) is 91.8 Å². The molecule has 1 aliphatic heterocycles. The van der Waals surface area contributed by atoms with E-state index in [1.54, 1.807) is 25.2 Å². The summed E-state index contributed by atoms with van der Waals surface area (Å²) in [5.41, 5.74) is 5.84. The Kier molecular flexibility index (Phi) is 18.3. The van der Waals surface area contributed by atoms with Gasteiger partial charge in [0.1, 0.15) is 17.9 Å². The third-order valence-electron chi connectivity index (χ3n) is 6.75. The zero-order valence-electron chi connectivity index (χ0n) is 27.7. The van der Waals surface area contributed by atoms with E-state index in [0.717, 1.165) is 5.57 Å². The minimum absolute atomic E-state index is 0.0423. The second-order valence-electron chi connectivity index (χ2n) is 11.7. The summed E-state index contributed by atoms with van der Waals surface area (Å²) in [6.07, 6.45) is 13.3. The summed E-state index contributed by atoms with van der Waals surface area (Å²) >= 11 is 0. The first kappa shape index (κ1) is 39.2. The largest absolute Gasteiger partial charge is 0.496 e. The van der Waals surface area contributed by atoms with Gasteiger partial charge < -0.3 is 41.0 Å². The highest BCUT2D eigenvalue weighted by Gasteiger charge is 2.32. The highest BCUT2D eigenvalue weighted by molar-refractivity contribution is 5.93. The minimum Gasteiger partial charge on any atom is -0.496 e. The molecule has 0 saturated carbocycles. The summed E-state index contributed by atoms with van der Waals surface area (Å²) in [6.45, 7) is 12.1. The summed E-state index contributed by atoms with van der Waals surface area (Å²) in [6, 6.07) is -0.810. The normalized spacial score (nSPS) is 19.3. The van der Waals surface area contributed by atoms with Crippen molar-refractivity contribution in [1.29, 1.82) is 0 Å². The highest BCUT2D eigenvalue weighted by atomic mass is 16.6. The van der Waals surface area contributed by atoms with Crippen LogP contribution in [0.4, 0.5) is 4.79 Å². The minimum atomic E-state index is -1.07. The van der Waals surface area contributed by atoms with Crippen LogP contribution in [0.5, 0.6) is 0 Å². The molecular weight excluding hydrogens is 576 g/mol. The maximum atomic E-state index is 13.0. The number of ether oxygens (including phenoxy) is 3. The van der Waals surface area contributed by atoms with Crippen LogP contribution in [-0.4, -0.2) is 67.8 Å². The molecule has 0 saturated heterocycles. The van der Waals surface area contributed by atoms with Crippen molar-refractivity contribution in [2.75, 3.05) is 20.2 Å². The van der Waals surface area contributed by atoms with E-state index in [2.05, 4.69) is 27.8 Å². The number of carbonyl (C=O) groups excluding carboxylic acids is 3. The topological polar surface area (TPSA) is 161 Å². The van der Waals surface area contributed by atoms with Crippen LogP contribution in [-0.2, 0) is 23.8 Å². The Morgan fingerprint density at radius 2 is 1.96 bits per heavy atom. The highest BCUT2D eigenvalue weighted by Crippen LogP contribution is 2.25. The molecule has 0 aromatic carbocycles. The molecule has 0 bridgehead atoms. The lowest BCUT2D eigenvalue weighted by molar-refractivity contribution is -0.150. The molecule has 11 nitrogen and oxygen atoms in total. The van der Waals surface area contributed by atoms with Crippen LogP contribution in [0.1, 0.15) is 67.2 Å². The first-order valence-electron chi connectivity index (χ1n) is 15.2. The number of nitrogens with one attached hydrogen (secondary N) is 3. The second-order valence-corrected chi connectivity index (χ2v) is 11.7. The zero-order valence-corrected chi connectivity index (χ0v) is 27.7.